The number of amides is 1. The molecule has 180 valence electrons. The van der Waals surface area contributed by atoms with Crippen molar-refractivity contribution in [2.75, 3.05) is 5.32 Å². The van der Waals surface area contributed by atoms with E-state index in [0.29, 0.717) is 38.2 Å². The summed E-state index contributed by atoms with van der Waals surface area (Å²) in [6.45, 7) is 1.77. The highest BCUT2D eigenvalue weighted by Gasteiger charge is 2.34. The standard InChI is InChI=1S/C25H15Cl3F3NO3/c1-12-8-16-21(11-19(12)28)35-24(34)17(23(16)13-2-4-14(26)5-3-13)10-22(33)32-20-7-6-15(27)9-18(20)25(29,30)31/h2-9,11H,10H2,1H3,(H,32,33). The summed E-state index contributed by atoms with van der Waals surface area (Å²) in [7, 11) is 0. The molecule has 4 nitrogen and oxygen atoms in total. The summed E-state index contributed by atoms with van der Waals surface area (Å²) in [5, 5.41) is 3.46. The molecule has 1 N–H and O–H groups in total. The Labute approximate surface area is 212 Å². The predicted molar refractivity (Wildman–Crippen MR) is 131 cm³/mol. The van der Waals surface area contributed by atoms with Gasteiger partial charge in [0.25, 0.3) is 0 Å². The zero-order valence-electron chi connectivity index (χ0n) is 17.9. The molecule has 0 aliphatic carbocycles. The van der Waals surface area contributed by atoms with Crippen molar-refractivity contribution in [3.8, 4) is 11.1 Å². The van der Waals surface area contributed by atoms with Crippen molar-refractivity contribution in [1.29, 1.82) is 0 Å². The second-order valence-corrected chi connectivity index (χ2v) is 9.04. The molecule has 1 heterocycles. The number of carbonyl (C=O) groups excluding carboxylic acids is 1. The van der Waals surface area contributed by atoms with E-state index in [1.807, 2.05) is 0 Å². The van der Waals surface area contributed by atoms with Gasteiger partial charge in [0, 0.05) is 32.1 Å². The van der Waals surface area contributed by atoms with Crippen LogP contribution in [-0.2, 0) is 17.4 Å². The smallest absolute Gasteiger partial charge is 0.418 e. The zero-order chi connectivity index (χ0) is 25.5. The summed E-state index contributed by atoms with van der Waals surface area (Å²) in [6, 6.07) is 12.8. The molecule has 0 spiro atoms. The first kappa shape index (κ1) is 25.1. The molecule has 1 aromatic heterocycles. The van der Waals surface area contributed by atoms with E-state index in [1.165, 1.54) is 12.1 Å². The summed E-state index contributed by atoms with van der Waals surface area (Å²) in [6.07, 6.45) is -5.29. The van der Waals surface area contributed by atoms with Crippen LogP contribution in [0.3, 0.4) is 0 Å². The quantitative estimate of drug-likeness (QED) is 0.267. The average Bonchev–Trinajstić information content (AvgIpc) is 2.77. The Morgan fingerprint density at radius 2 is 1.63 bits per heavy atom. The van der Waals surface area contributed by atoms with Crippen molar-refractivity contribution in [2.45, 2.75) is 19.5 Å². The molecule has 0 bridgehead atoms. The van der Waals surface area contributed by atoms with E-state index in [1.54, 1.807) is 37.3 Å². The van der Waals surface area contributed by atoms with Gasteiger partial charge >= 0.3 is 11.8 Å². The molecule has 0 aliphatic heterocycles. The number of rotatable bonds is 4. The Hall–Kier alpha value is -3.00. The van der Waals surface area contributed by atoms with E-state index < -0.39 is 35.4 Å². The maximum absolute atomic E-state index is 13.4. The minimum Gasteiger partial charge on any atom is -0.422 e. The van der Waals surface area contributed by atoms with Crippen molar-refractivity contribution in [3.05, 3.63) is 96.8 Å². The molecule has 4 aromatic rings. The summed E-state index contributed by atoms with van der Waals surface area (Å²) in [5.41, 5.74) is -0.549. The maximum atomic E-state index is 13.4. The van der Waals surface area contributed by atoms with Gasteiger partial charge in [-0.05, 0) is 54.4 Å². The van der Waals surface area contributed by atoms with Crippen LogP contribution in [0.4, 0.5) is 18.9 Å². The van der Waals surface area contributed by atoms with Crippen LogP contribution >= 0.6 is 34.8 Å². The Morgan fingerprint density at radius 3 is 2.29 bits per heavy atom. The predicted octanol–water partition coefficient (Wildman–Crippen LogP) is 7.93. The summed E-state index contributed by atoms with van der Waals surface area (Å²) < 4.78 is 45.7. The van der Waals surface area contributed by atoms with Gasteiger partial charge in [-0.2, -0.15) is 13.2 Å². The van der Waals surface area contributed by atoms with Crippen molar-refractivity contribution in [3.63, 3.8) is 0 Å². The second-order valence-electron chi connectivity index (χ2n) is 7.76. The number of alkyl halides is 3. The fraction of sp³-hybridized carbons (Fsp3) is 0.120. The van der Waals surface area contributed by atoms with Crippen LogP contribution in [0.1, 0.15) is 16.7 Å². The topological polar surface area (TPSA) is 59.3 Å². The first-order valence-electron chi connectivity index (χ1n) is 10.1. The Balaban J connectivity index is 1.83. The summed E-state index contributed by atoms with van der Waals surface area (Å²) >= 11 is 17.9. The minimum atomic E-state index is -4.75. The highest BCUT2D eigenvalue weighted by Crippen LogP contribution is 2.37. The van der Waals surface area contributed by atoms with E-state index in [2.05, 4.69) is 5.32 Å². The monoisotopic (exact) mass is 539 g/mol. The van der Waals surface area contributed by atoms with Crippen LogP contribution in [0, 0.1) is 6.92 Å². The van der Waals surface area contributed by atoms with Gasteiger partial charge in [0.1, 0.15) is 5.58 Å². The zero-order valence-corrected chi connectivity index (χ0v) is 20.2. The Bertz CT molecular complexity index is 1510. The molecule has 4 rings (SSSR count). The number of fused-ring (bicyclic) bond motifs is 1. The van der Waals surface area contributed by atoms with E-state index in [4.69, 9.17) is 39.2 Å². The number of hydrogen-bond acceptors (Lipinski definition) is 3. The Kier molecular flexibility index (Phi) is 6.86. The van der Waals surface area contributed by atoms with Crippen LogP contribution in [0.25, 0.3) is 22.1 Å². The molecule has 0 saturated heterocycles. The third kappa shape index (κ3) is 5.32. The van der Waals surface area contributed by atoms with Crippen LogP contribution < -0.4 is 10.9 Å². The van der Waals surface area contributed by atoms with Gasteiger partial charge in [0.15, 0.2) is 0 Å². The molecule has 0 unspecified atom stereocenters. The molecular weight excluding hydrogens is 526 g/mol. The van der Waals surface area contributed by atoms with Crippen LogP contribution in [-0.4, -0.2) is 5.91 Å². The number of carbonyl (C=O) groups is 1. The van der Waals surface area contributed by atoms with Crippen LogP contribution in [0.5, 0.6) is 0 Å². The van der Waals surface area contributed by atoms with Crippen LogP contribution in [0.2, 0.25) is 15.1 Å². The summed E-state index contributed by atoms with van der Waals surface area (Å²) in [5.74, 6) is -0.842. The second kappa shape index (κ2) is 9.57. The summed E-state index contributed by atoms with van der Waals surface area (Å²) in [4.78, 5) is 25.8. The molecule has 10 heteroatoms. The largest absolute Gasteiger partial charge is 0.422 e. The lowest BCUT2D eigenvalue weighted by atomic mass is 9.94. The first-order valence-corrected chi connectivity index (χ1v) is 11.3. The number of halogens is 6. The van der Waals surface area contributed by atoms with Crippen molar-refractivity contribution >= 4 is 57.4 Å². The molecule has 35 heavy (non-hydrogen) atoms. The third-order valence-corrected chi connectivity index (χ3v) is 6.21. The van der Waals surface area contributed by atoms with E-state index in [0.717, 1.165) is 6.07 Å². The van der Waals surface area contributed by atoms with Gasteiger partial charge < -0.3 is 9.73 Å². The van der Waals surface area contributed by atoms with Gasteiger partial charge in [-0.3, -0.25) is 4.79 Å². The van der Waals surface area contributed by atoms with E-state index in [9.17, 15) is 22.8 Å². The number of aryl methyl sites for hydroxylation is 1. The lowest BCUT2D eigenvalue weighted by Gasteiger charge is -2.16. The first-order chi connectivity index (χ1) is 16.4. The van der Waals surface area contributed by atoms with E-state index >= 15 is 0 Å². The van der Waals surface area contributed by atoms with Gasteiger partial charge in [0.05, 0.1) is 23.2 Å². The average molecular weight is 541 g/mol. The molecule has 1 amide bonds. The van der Waals surface area contributed by atoms with Crippen molar-refractivity contribution in [1.82, 2.24) is 0 Å². The fourth-order valence-corrected chi connectivity index (χ4v) is 4.14. The molecule has 0 aliphatic rings. The molecule has 0 atom stereocenters. The third-order valence-electron chi connectivity index (χ3n) is 5.31. The van der Waals surface area contributed by atoms with Gasteiger partial charge in [-0.1, -0.05) is 46.9 Å². The van der Waals surface area contributed by atoms with Crippen molar-refractivity contribution < 1.29 is 22.4 Å². The van der Waals surface area contributed by atoms with Crippen LogP contribution in [0.15, 0.2) is 63.8 Å². The molecule has 0 fully saturated rings. The minimum absolute atomic E-state index is 0.0263. The van der Waals surface area contributed by atoms with Gasteiger partial charge in [-0.25, -0.2) is 4.79 Å². The van der Waals surface area contributed by atoms with Gasteiger partial charge in [0.2, 0.25) is 5.91 Å². The van der Waals surface area contributed by atoms with Gasteiger partial charge in [-0.15, -0.1) is 0 Å². The number of hydrogen-bond donors (Lipinski definition) is 1. The normalized spacial score (nSPS) is 11.6. The lowest BCUT2D eigenvalue weighted by molar-refractivity contribution is -0.137. The number of nitrogens with one attached hydrogen (secondary N) is 1. The van der Waals surface area contributed by atoms with E-state index in [-0.39, 0.29) is 16.2 Å². The number of benzene rings is 3. The maximum Gasteiger partial charge on any atom is 0.418 e. The lowest BCUT2D eigenvalue weighted by Crippen LogP contribution is -2.22. The molecular formula is C25H15Cl3F3NO3. The Morgan fingerprint density at radius 1 is 0.971 bits per heavy atom. The molecule has 0 saturated carbocycles. The SMILES string of the molecule is Cc1cc2c(-c3ccc(Cl)cc3)c(CC(=O)Nc3ccc(Cl)cc3C(F)(F)F)c(=O)oc2cc1Cl. The fourth-order valence-electron chi connectivity index (χ4n) is 3.69. The highest BCUT2D eigenvalue weighted by molar-refractivity contribution is 6.32. The molecule has 3 aromatic carbocycles. The van der Waals surface area contributed by atoms with Crippen molar-refractivity contribution in [2.24, 2.45) is 0 Å². The molecule has 0 radical (unpaired) electrons. The number of anilines is 1. The highest BCUT2D eigenvalue weighted by atomic mass is 35.5.